The number of pyridine rings is 2. The van der Waals surface area contributed by atoms with E-state index in [1.54, 1.807) is 18.3 Å². The Bertz CT molecular complexity index is 1740. The molecule has 1 aliphatic carbocycles. The van der Waals surface area contributed by atoms with Crippen LogP contribution in [0.15, 0.2) is 73.1 Å². The maximum atomic E-state index is 9.45. The average Bonchev–Trinajstić information content (AvgIpc) is 3.67. The van der Waals surface area contributed by atoms with Gasteiger partial charge in [-0.2, -0.15) is 10.4 Å². The number of nitrogens with two attached hydrogens (primary N) is 1. The van der Waals surface area contributed by atoms with Gasteiger partial charge in [0.15, 0.2) is 5.65 Å². The first kappa shape index (κ1) is 24.6. The number of nitrogens with zero attached hydrogens (tertiary/aromatic N) is 5. The van der Waals surface area contributed by atoms with E-state index in [2.05, 4.69) is 55.4 Å². The van der Waals surface area contributed by atoms with Crippen LogP contribution in [-0.4, -0.2) is 43.8 Å². The Labute approximate surface area is 233 Å². The van der Waals surface area contributed by atoms with E-state index in [0.29, 0.717) is 16.9 Å². The fraction of sp³-hybridized carbons (Fsp3) is 0.273. The largest absolute Gasteiger partial charge is 0.313 e. The Kier molecular flexibility index (Phi) is 6.15. The van der Waals surface area contributed by atoms with Crippen LogP contribution in [0.2, 0.25) is 0 Å². The molecule has 2 aliphatic rings. The van der Waals surface area contributed by atoms with E-state index in [1.807, 2.05) is 30.5 Å². The summed E-state index contributed by atoms with van der Waals surface area (Å²) in [6.07, 6.45) is 10.2. The number of hydrogen-bond donors (Lipinski definition) is 2. The van der Waals surface area contributed by atoms with E-state index < -0.39 is 0 Å². The number of benzene rings is 2. The lowest BCUT2D eigenvalue weighted by Gasteiger charge is -2.38. The van der Waals surface area contributed by atoms with Crippen molar-refractivity contribution in [2.45, 2.75) is 44.2 Å². The van der Waals surface area contributed by atoms with Crippen LogP contribution in [-0.2, 0) is 12.8 Å². The summed E-state index contributed by atoms with van der Waals surface area (Å²) in [6, 6.07) is 22.9. The molecule has 0 amide bonds. The van der Waals surface area contributed by atoms with Crippen LogP contribution in [0, 0.1) is 11.3 Å². The molecule has 198 valence electrons. The van der Waals surface area contributed by atoms with Crippen LogP contribution in [0.3, 0.4) is 0 Å². The van der Waals surface area contributed by atoms with Gasteiger partial charge >= 0.3 is 0 Å². The number of aryl methyl sites for hydroxylation is 2. The van der Waals surface area contributed by atoms with Crippen LogP contribution in [0.1, 0.15) is 42.4 Å². The molecule has 7 rings (SSSR count). The maximum Gasteiger partial charge on any atom is 0.181 e. The van der Waals surface area contributed by atoms with Crippen LogP contribution >= 0.6 is 0 Å². The number of likely N-dealkylation sites (tertiary alicyclic amines) is 1. The van der Waals surface area contributed by atoms with Crippen LogP contribution in [0.5, 0.6) is 0 Å². The summed E-state index contributed by atoms with van der Waals surface area (Å²) in [5, 5.41) is 18.1. The minimum Gasteiger partial charge on any atom is -0.313 e. The van der Waals surface area contributed by atoms with Gasteiger partial charge in [0.1, 0.15) is 6.07 Å². The summed E-state index contributed by atoms with van der Waals surface area (Å²) in [6.45, 7) is 2.26. The van der Waals surface area contributed by atoms with Gasteiger partial charge < -0.3 is 5.73 Å². The van der Waals surface area contributed by atoms with Crippen molar-refractivity contribution in [3.05, 3.63) is 89.7 Å². The molecule has 3 aromatic heterocycles. The maximum absolute atomic E-state index is 9.45. The molecule has 0 spiro atoms. The monoisotopic (exact) mass is 525 g/mol. The molecule has 5 aromatic rings. The number of H-pyrrole nitrogens is 1. The number of aromatic amines is 1. The quantitative estimate of drug-likeness (QED) is 0.285. The fourth-order valence-corrected chi connectivity index (χ4v) is 6.39. The Morgan fingerprint density at radius 1 is 0.850 bits per heavy atom. The van der Waals surface area contributed by atoms with E-state index in [0.717, 1.165) is 66.5 Å². The molecule has 1 atom stereocenters. The lowest BCUT2D eigenvalue weighted by molar-refractivity contribution is 0.105. The van der Waals surface area contributed by atoms with Gasteiger partial charge in [0.2, 0.25) is 0 Å². The standard InChI is InChI=1S/C33H31N7/c34-20-27-4-3-15-36-30(27)23-6-8-24(9-7-23)31-29-19-28(21-37-32(29)39-38-31)25-10-5-22-11-13-33(35,14-12-26(22)18-25)40-16-1-2-17-40/h3-10,15,18-19,21H,1-2,11-14,16-17,35H2,(H,37,38,39)/t33-/m0/s1. The summed E-state index contributed by atoms with van der Waals surface area (Å²) in [7, 11) is 0. The zero-order valence-corrected chi connectivity index (χ0v) is 22.4. The molecular weight excluding hydrogens is 494 g/mol. The average molecular weight is 526 g/mol. The Hall–Kier alpha value is -4.38. The van der Waals surface area contributed by atoms with Crippen molar-refractivity contribution >= 4 is 11.0 Å². The molecule has 3 N–H and O–H groups in total. The van der Waals surface area contributed by atoms with Gasteiger partial charge in [-0.05, 0) is 86.5 Å². The van der Waals surface area contributed by atoms with Crippen molar-refractivity contribution in [3.63, 3.8) is 0 Å². The highest BCUT2D eigenvalue weighted by Gasteiger charge is 2.35. The van der Waals surface area contributed by atoms with Crippen molar-refractivity contribution in [2.24, 2.45) is 5.73 Å². The summed E-state index contributed by atoms with van der Waals surface area (Å²) in [5.41, 5.74) is 16.6. The van der Waals surface area contributed by atoms with Crippen molar-refractivity contribution in [1.29, 1.82) is 5.26 Å². The van der Waals surface area contributed by atoms with Gasteiger partial charge in [-0.1, -0.05) is 42.5 Å². The van der Waals surface area contributed by atoms with Crippen LogP contribution < -0.4 is 5.73 Å². The number of hydrogen-bond acceptors (Lipinski definition) is 6. The van der Waals surface area contributed by atoms with Gasteiger partial charge in [-0.25, -0.2) is 4.98 Å². The molecular formula is C33H31N7. The Balaban J connectivity index is 1.18. The first-order valence-electron chi connectivity index (χ1n) is 14.1. The number of nitrogens with one attached hydrogen (secondary N) is 1. The molecule has 2 aromatic carbocycles. The number of nitriles is 1. The molecule has 7 nitrogen and oxygen atoms in total. The first-order valence-corrected chi connectivity index (χ1v) is 14.1. The summed E-state index contributed by atoms with van der Waals surface area (Å²) in [4.78, 5) is 11.6. The van der Waals surface area contributed by atoms with E-state index in [-0.39, 0.29) is 5.66 Å². The fourth-order valence-electron chi connectivity index (χ4n) is 6.39. The highest BCUT2D eigenvalue weighted by molar-refractivity contribution is 5.93. The minimum atomic E-state index is -0.190. The van der Waals surface area contributed by atoms with Crippen LogP contribution in [0.4, 0.5) is 0 Å². The molecule has 4 heterocycles. The predicted molar refractivity (Wildman–Crippen MR) is 157 cm³/mol. The third-order valence-corrected chi connectivity index (χ3v) is 8.71. The van der Waals surface area contributed by atoms with Gasteiger partial charge in [-0.3, -0.25) is 15.0 Å². The predicted octanol–water partition coefficient (Wildman–Crippen LogP) is 5.86. The van der Waals surface area contributed by atoms with Crippen molar-refractivity contribution in [1.82, 2.24) is 25.1 Å². The normalized spacial score (nSPS) is 19.3. The molecule has 1 aliphatic heterocycles. The second-order valence-corrected chi connectivity index (χ2v) is 11.1. The molecule has 1 saturated heterocycles. The second kappa shape index (κ2) is 9.98. The molecule has 7 heteroatoms. The lowest BCUT2D eigenvalue weighted by Crippen LogP contribution is -2.55. The Morgan fingerprint density at radius 3 is 2.40 bits per heavy atom. The number of rotatable bonds is 4. The highest BCUT2D eigenvalue weighted by atomic mass is 15.3. The summed E-state index contributed by atoms with van der Waals surface area (Å²) < 4.78 is 0. The summed E-state index contributed by atoms with van der Waals surface area (Å²) in [5.74, 6) is 0. The zero-order chi connectivity index (χ0) is 27.1. The third kappa shape index (κ3) is 4.36. The van der Waals surface area contributed by atoms with Gasteiger partial charge in [0, 0.05) is 34.5 Å². The van der Waals surface area contributed by atoms with Gasteiger partial charge in [0.25, 0.3) is 0 Å². The van der Waals surface area contributed by atoms with Crippen LogP contribution in [0.25, 0.3) is 44.7 Å². The molecule has 0 radical (unpaired) electrons. The minimum absolute atomic E-state index is 0.190. The third-order valence-electron chi connectivity index (χ3n) is 8.71. The van der Waals surface area contributed by atoms with Gasteiger partial charge in [0.05, 0.1) is 22.6 Å². The van der Waals surface area contributed by atoms with Crippen molar-refractivity contribution in [3.8, 4) is 39.7 Å². The topological polar surface area (TPSA) is 108 Å². The highest BCUT2D eigenvalue weighted by Crippen LogP contribution is 2.35. The second-order valence-electron chi connectivity index (χ2n) is 11.1. The van der Waals surface area contributed by atoms with E-state index in [9.17, 15) is 5.26 Å². The molecule has 1 fully saturated rings. The SMILES string of the molecule is N#Cc1cccnc1-c1ccc(-c2[nH]nc3ncc(-c4ccc5c(c4)CC[C@@](N)(N4CCCC4)CC5)cc23)cc1. The lowest BCUT2D eigenvalue weighted by atomic mass is 9.96. The summed E-state index contributed by atoms with van der Waals surface area (Å²) >= 11 is 0. The molecule has 0 bridgehead atoms. The zero-order valence-electron chi connectivity index (χ0n) is 22.4. The molecule has 0 unspecified atom stereocenters. The number of fused-ring (bicyclic) bond motifs is 2. The smallest absolute Gasteiger partial charge is 0.181 e. The first-order chi connectivity index (χ1) is 19.6. The Morgan fingerprint density at radius 2 is 1.60 bits per heavy atom. The molecule has 40 heavy (non-hydrogen) atoms. The van der Waals surface area contributed by atoms with E-state index in [4.69, 9.17) is 5.73 Å². The number of aromatic nitrogens is 4. The molecule has 0 saturated carbocycles. The van der Waals surface area contributed by atoms with Crippen molar-refractivity contribution < 1.29 is 0 Å². The van der Waals surface area contributed by atoms with Crippen molar-refractivity contribution in [2.75, 3.05) is 13.1 Å². The van der Waals surface area contributed by atoms with Gasteiger partial charge in [-0.15, -0.1) is 0 Å². The van der Waals surface area contributed by atoms with E-state index >= 15 is 0 Å². The van der Waals surface area contributed by atoms with E-state index in [1.165, 1.54) is 29.5 Å².